The first-order valence-electron chi connectivity index (χ1n) is 8.51. The summed E-state index contributed by atoms with van der Waals surface area (Å²) in [4.78, 5) is 32.8. The zero-order valence-corrected chi connectivity index (χ0v) is 15.9. The standard InChI is InChI=1S/C15H30NO8P/c1-3-5-7-14(17)21-11-13(24-15(18)8-6-4-2)12-23-25(19,20)22-10-9-16/h13H,3-12,16H2,1-2H3,(H,19,20)/t13-/m1/s1. The number of unbranched alkanes of at least 4 members (excludes halogenated alkanes) is 2. The lowest BCUT2D eigenvalue weighted by atomic mass is 10.2. The predicted molar refractivity (Wildman–Crippen MR) is 90.7 cm³/mol. The Labute approximate surface area is 148 Å². The smallest absolute Gasteiger partial charge is 0.462 e. The number of hydrogen-bond acceptors (Lipinski definition) is 8. The van der Waals surface area contributed by atoms with E-state index in [0.717, 1.165) is 12.8 Å². The maximum absolute atomic E-state index is 11.7. The van der Waals surface area contributed by atoms with Gasteiger partial charge in [-0.1, -0.05) is 26.7 Å². The highest BCUT2D eigenvalue weighted by Crippen LogP contribution is 2.43. The summed E-state index contributed by atoms with van der Waals surface area (Å²) in [7, 11) is -4.30. The van der Waals surface area contributed by atoms with E-state index < -0.39 is 32.5 Å². The second-order valence-electron chi connectivity index (χ2n) is 5.39. The molecule has 0 aliphatic carbocycles. The van der Waals surface area contributed by atoms with Gasteiger partial charge in [0.25, 0.3) is 0 Å². The van der Waals surface area contributed by atoms with Crippen LogP contribution in [0.5, 0.6) is 0 Å². The molecule has 25 heavy (non-hydrogen) atoms. The van der Waals surface area contributed by atoms with E-state index in [9.17, 15) is 19.0 Å². The molecule has 1 unspecified atom stereocenters. The molecule has 3 N–H and O–H groups in total. The highest BCUT2D eigenvalue weighted by molar-refractivity contribution is 7.47. The Balaban J connectivity index is 4.52. The van der Waals surface area contributed by atoms with Crippen LogP contribution in [0.3, 0.4) is 0 Å². The number of phosphoric acid groups is 1. The molecule has 2 atom stereocenters. The Hall–Kier alpha value is -0.990. The van der Waals surface area contributed by atoms with Gasteiger partial charge < -0.3 is 20.1 Å². The molecule has 0 aliphatic heterocycles. The van der Waals surface area contributed by atoms with Gasteiger partial charge in [-0.2, -0.15) is 0 Å². The molecule has 10 heteroatoms. The van der Waals surface area contributed by atoms with E-state index in [-0.39, 0.29) is 32.6 Å². The summed E-state index contributed by atoms with van der Waals surface area (Å²) >= 11 is 0. The first-order valence-corrected chi connectivity index (χ1v) is 10.0. The second-order valence-corrected chi connectivity index (χ2v) is 6.84. The van der Waals surface area contributed by atoms with E-state index in [0.29, 0.717) is 12.8 Å². The van der Waals surface area contributed by atoms with Crippen molar-refractivity contribution in [2.75, 3.05) is 26.4 Å². The van der Waals surface area contributed by atoms with Gasteiger partial charge in [0.15, 0.2) is 6.10 Å². The van der Waals surface area contributed by atoms with Crippen molar-refractivity contribution in [1.82, 2.24) is 0 Å². The number of ether oxygens (including phenoxy) is 2. The van der Waals surface area contributed by atoms with Gasteiger partial charge >= 0.3 is 19.8 Å². The number of carbonyl (C=O) groups excluding carboxylic acids is 2. The van der Waals surface area contributed by atoms with E-state index in [1.54, 1.807) is 0 Å². The van der Waals surface area contributed by atoms with Gasteiger partial charge in [0.2, 0.25) is 0 Å². The van der Waals surface area contributed by atoms with E-state index >= 15 is 0 Å². The summed E-state index contributed by atoms with van der Waals surface area (Å²) in [6.45, 7) is 3.09. The molecule has 0 amide bonds. The van der Waals surface area contributed by atoms with Crippen molar-refractivity contribution in [2.45, 2.75) is 58.5 Å². The van der Waals surface area contributed by atoms with Crippen LogP contribution in [-0.4, -0.2) is 49.3 Å². The Morgan fingerprint density at radius 2 is 1.64 bits per heavy atom. The maximum atomic E-state index is 11.7. The number of rotatable bonds is 15. The maximum Gasteiger partial charge on any atom is 0.472 e. The first kappa shape index (κ1) is 24.0. The lowest BCUT2D eigenvalue weighted by Crippen LogP contribution is -2.29. The largest absolute Gasteiger partial charge is 0.472 e. The van der Waals surface area contributed by atoms with Crippen LogP contribution in [0.4, 0.5) is 0 Å². The van der Waals surface area contributed by atoms with Crippen LogP contribution in [0, 0.1) is 0 Å². The van der Waals surface area contributed by atoms with Crippen molar-refractivity contribution < 1.29 is 37.6 Å². The van der Waals surface area contributed by atoms with E-state index in [2.05, 4.69) is 4.52 Å². The molecule has 0 saturated carbocycles. The van der Waals surface area contributed by atoms with Gasteiger partial charge in [-0.15, -0.1) is 0 Å². The molecule has 0 saturated heterocycles. The molecule has 0 spiro atoms. The van der Waals surface area contributed by atoms with Crippen molar-refractivity contribution in [3.8, 4) is 0 Å². The van der Waals surface area contributed by atoms with Crippen molar-refractivity contribution in [2.24, 2.45) is 5.73 Å². The summed E-state index contributed by atoms with van der Waals surface area (Å²) in [5, 5.41) is 0. The molecule has 148 valence electrons. The van der Waals surface area contributed by atoms with Gasteiger partial charge in [0.05, 0.1) is 13.2 Å². The Bertz CT molecular complexity index is 432. The molecule has 0 aliphatic rings. The topological polar surface area (TPSA) is 134 Å². The Morgan fingerprint density at radius 1 is 1.04 bits per heavy atom. The molecule has 0 aromatic carbocycles. The zero-order chi connectivity index (χ0) is 19.1. The summed E-state index contributed by atoms with van der Waals surface area (Å²) in [6, 6.07) is 0. The monoisotopic (exact) mass is 383 g/mol. The number of hydrogen-bond donors (Lipinski definition) is 2. The third-order valence-electron chi connectivity index (χ3n) is 2.99. The third kappa shape index (κ3) is 13.9. The van der Waals surface area contributed by atoms with Crippen LogP contribution in [0.2, 0.25) is 0 Å². The normalized spacial score (nSPS) is 14.6. The average Bonchev–Trinajstić information content (AvgIpc) is 2.58. The molecule has 0 bridgehead atoms. The fraction of sp³-hybridized carbons (Fsp3) is 0.867. The lowest BCUT2D eigenvalue weighted by Gasteiger charge is -2.19. The predicted octanol–water partition coefficient (Wildman–Crippen LogP) is 1.91. The molecular formula is C15H30NO8P. The SMILES string of the molecule is CCCCC(=O)OC[C@H](COP(=O)(O)OCCN)OC(=O)CCCC. The van der Waals surface area contributed by atoms with Crippen LogP contribution in [0.15, 0.2) is 0 Å². The van der Waals surface area contributed by atoms with E-state index in [1.165, 1.54) is 0 Å². The molecule has 0 rings (SSSR count). The van der Waals surface area contributed by atoms with Crippen molar-refractivity contribution in [3.63, 3.8) is 0 Å². The van der Waals surface area contributed by atoms with Gasteiger partial charge in [-0.3, -0.25) is 18.6 Å². The minimum absolute atomic E-state index is 0.0540. The summed E-state index contributed by atoms with van der Waals surface area (Å²) in [6.07, 6.45) is 2.48. The molecule has 0 aromatic heterocycles. The highest BCUT2D eigenvalue weighted by atomic mass is 31.2. The minimum atomic E-state index is -4.30. The van der Waals surface area contributed by atoms with Crippen molar-refractivity contribution >= 4 is 19.8 Å². The van der Waals surface area contributed by atoms with Crippen LogP contribution in [-0.2, 0) is 32.7 Å². The van der Waals surface area contributed by atoms with Crippen LogP contribution in [0.25, 0.3) is 0 Å². The minimum Gasteiger partial charge on any atom is -0.462 e. The van der Waals surface area contributed by atoms with Gasteiger partial charge in [-0.25, -0.2) is 4.57 Å². The summed E-state index contributed by atoms with van der Waals surface area (Å²) < 4.78 is 31.2. The first-order chi connectivity index (χ1) is 11.8. The fourth-order valence-electron chi connectivity index (χ4n) is 1.64. The third-order valence-corrected chi connectivity index (χ3v) is 3.98. The van der Waals surface area contributed by atoms with Crippen LogP contribution < -0.4 is 5.73 Å². The van der Waals surface area contributed by atoms with Gasteiger partial charge in [-0.05, 0) is 12.8 Å². The molecule has 9 nitrogen and oxygen atoms in total. The molecule has 0 fully saturated rings. The van der Waals surface area contributed by atoms with E-state index in [4.69, 9.17) is 19.7 Å². The molecule has 0 radical (unpaired) electrons. The Morgan fingerprint density at radius 3 is 2.20 bits per heavy atom. The number of esters is 2. The highest BCUT2D eigenvalue weighted by Gasteiger charge is 2.25. The van der Waals surface area contributed by atoms with Crippen molar-refractivity contribution in [1.29, 1.82) is 0 Å². The number of nitrogens with two attached hydrogens (primary N) is 1. The zero-order valence-electron chi connectivity index (χ0n) is 15.0. The van der Waals surface area contributed by atoms with E-state index in [1.807, 2.05) is 13.8 Å². The quantitative estimate of drug-likeness (QED) is 0.321. The van der Waals surface area contributed by atoms with Crippen LogP contribution in [0.1, 0.15) is 52.4 Å². The number of carbonyl (C=O) groups is 2. The lowest BCUT2D eigenvalue weighted by molar-refractivity contribution is -0.161. The number of phosphoric ester groups is 1. The van der Waals surface area contributed by atoms with Crippen molar-refractivity contribution in [3.05, 3.63) is 0 Å². The van der Waals surface area contributed by atoms with Crippen LogP contribution >= 0.6 is 7.82 Å². The molecule has 0 aromatic rings. The summed E-state index contributed by atoms with van der Waals surface area (Å²) in [5.74, 6) is -0.918. The summed E-state index contributed by atoms with van der Waals surface area (Å²) in [5.41, 5.74) is 5.19. The molecule has 0 heterocycles. The molecular weight excluding hydrogens is 353 g/mol. The average molecular weight is 383 g/mol. The van der Waals surface area contributed by atoms with Gasteiger partial charge in [0.1, 0.15) is 6.61 Å². The van der Waals surface area contributed by atoms with Gasteiger partial charge in [0, 0.05) is 19.4 Å². The fourth-order valence-corrected chi connectivity index (χ4v) is 2.41. The Kier molecular flexibility index (Phi) is 13.6. The second kappa shape index (κ2) is 14.2.